The van der Waals surface area contributed by atoms with Gasteiger partial charge in [-0.1, -0.05) is 0 Å². The second-order valence-corrected chi connectivity index (χ2v) is 6.74. The molecular weight excluding hydrogens is 336 g/mol. The van der Waals surface area contributed by atoms with E-state index in [1.54, 1.807) is 11.3 Å². The number of halogens is 2. The van der Waals surface area contributed by atoms with Crippen molar-refractivity contribution in [2.24, 2.45) is 0 Å². The number of aryl methyl sites for hydroxylation is 1. The maximum atomic E-state index is 11.9. The van der Waals surface area contributed by atoms with Crippen LogP contribution in [0.3, 0.4) is 0 Å². The number of nitrogens with zero attached hydrogens (tertiary/aromatic N) is 1. The van der Waals surface area contributed by atoms with E-state index in [0.29, 0.717) is 12.3 Å². The van der Waals surface area contributed by atoms with Crippen molar-refractivity contribution >= 4 is 45.6 Å². The number of hydrogen-bond donors (Lipinski definition) is 1. The molecule has 0 unspecified atom stereocenters. The Morgan fingerprint density at radius 2 is 2.11 bits per heavy atom. The summed E-state index contributed by atoms with van der Waals surface area (Å²) in [7, 11) is 0. The van der Waals surface area contributed by atoms with Crippen molar-refractivity contribution in [3.63, 3.8) is 0 Å². The number of amides is 1. The zero-order chi connectivity index (χ0) is 12.1. The van der Waals surface area contributed by atoms with Crippen LogP contribution in [0, 0.1) is 0 Å². The quantitative estimate of drug-likeness (QED) is 0.902. The third kappa shape index (κ3) is 4.88. The van der Waals surface area contributed by atoms with E-state index >= 15 is 0 Å². The Morgan fingerprint density at radius 1 is 1.39 bits per heavy atom. The Balaban J connectivity index is 0.00000162. The van der Waals surface area contributed by atoms with Gasteiger partial charge >= 0.3 is 0 Å². The first-order valence-electron chi connectivity index (χ1n) is 5.98. The molecule has 0 saturated carbocycles. The highest BCUT2D eigenvalue weighted by Gasteiger charge is 2.15. The number of hydrogen-bond acceptors (Lipinski definition) is 3. The highest BCUT2D eigenvalue weighted by molar-refractivity contribution is 9.11. The second-order valence-electron chi connectivity index (χ2n) is 4.19. The minimum Gasteiger partial charge on any atom is -0.340 e. The number of rotatable bonds is 4. The zero-order valence-corrected chi connectivity index (χ0v) is 13.4. The molecule has 3 nitrogen and oxygen atoms in total. The van der Waals surface area contributed by atoms with E-state index in [-0.39, 0.29) is 12.4 Å². The van der Waals surface area contributed by atoms with Crippen molar-refractivity contribution in [2.45, 2.75) is 19.3 Å². The third-order valence-electron chi connectivity index (χ3n) is 2.91. The van der Waals surface area contributed by atoms with Crippen LogP contribution in [0.1, 0.15) is 17.7 Å². The molecule has 0 radical (unpaired) electrons. The average molecular weight is 354 g/mol. The molecule has 6 heteroatoms. The summed E-state index contributed by atoms with van der Waals surface area (Å²) in [5.74, 6) is 0.308. The smallest absolute Gasteiger partial charge is 0.222 e. The molecule has 2 heterocycles. The fourth-order valence-corrected chi connectivity index (χ4v) is 3.50. The van der Waals surface area contributed by atoms with Crippen LogP contribution in [-0.2, 0) is 11.2 Å². The molecule has 0 spiro atoms. The van der Waals surface area contributed by atoms with E-state index in [4.69, 9.17) is 0 Å². The van der Waals surface area contributed by atoms with E-state index in [1.807, 2.05) is 4.90 Å². The van der Waals surface area contributed by atoms with Gasteiger partial charge in [-0.15, -0.1) is 23.7 Å². The van der Waals surface area contributed by atoms with Gasteiger partial charge < -0.3 is 10.2 Å². The van der Waals surface area contributed by atoms with Crippen molar-refractivity contribution in [1.29, 1.82) is 0 Å². The molecule has 102 valence electrons. The lowest BCUT2D eigenvalue weighted by atomic mass is 10.2. The van der Waals surface area contributed by atoms with E-state index < -0.39 is 0 Å². The third-order valence-corrected chi connectivity index (χ3v) is 4.60. The predicted octanol–water partition coefficient (Wildman–Crippen LogP) is 2.69. The molecule has 1 aromatic heterocycles. The lowest BCUT2D eigenvalue weighted by Crippen LogP contribution is -2.46. The van der Waals surface area contributed by atoms with Gasteiger partial charge in [0.25, 0.3) is 0 Å². The second kappa shape index (κ2) is 8.15. The first-order chi connectivity index (χ1) is 8.25. The van der Waals surface area contributed by atoms with Gasteiger partial charge in [-0.2, -0.15) is 0 Å². The van der Waals surface area contributed by atoms with Crippen LogP contribution >= 0.6 is 39.7 Å². The van der Waals surface area contributed by atoms with Crippen molar-refractivity contribution in [3.8, 4) is 0 Å². The van der Waals surface area contributed by atoms with Crippen molar-refractivity contribution in [3.05, 3.63) is 20.8 Å². The normalized spacial score (nSPS) is 15.3. The highest BCUT2D eigenvalue weighted by Crippen LogP contribution is 2.23. The summed E-state index contributed by atoms with van der Waals surface area (Å²) in [5.41, 5.74) is 0. The molecule has 1 aromatic rings. The summed E-state index contributed by atoms with van der Waals surface area (Å²) in [5, 5.41) is 3.26. The molecule has 1 amide bonds. The van der Waals surface area contributed by atoms with Crippen molar-refractivity contribution in [1.82, 2.24) is 10.2 Å². The predicted molar refractivity (Wildman–Crippen MR) is 81.7 cm³/mol. The van der Waals surface area contributed by atoms with Gasteiger partial charge in [0.15, 0.2) is 0 Å². The highest BCUT2D eigenvalue weighted by atomic mass is 79.9. The van der Waals surface area contributed by atoms with Gasteiger partial charge in [-0.25, -0.2) is 0 Å². The molecule has 1 fully saturated rings. The Morgan fingerprint density at radius 3 is 2.72 bits per heavy atom. The minimum absolute atomic E-state index is 0. The molecule has 1 aliphatic heterocycles. The molecule has 0 aromatic carbocycles. The van der Waals surface area contributed by atoms with Crippen LogP contribution < -0.4 is 5.32 Å². The monoisotopic (exact) mass is 352 g/mol. The van der Waals surface area contributed by atoms with Gasteiger partial charge in [-0.05, 0) is 40.9 Å². The molecule has 0 aliphatic carbocycles. The first kappa shape index (κ1) is 16.0. The van der Waals surface area contributed by atoms with Crippen LogP contribution in [0.5, 0.6) is 0 Å². The molecule has 0 bridgehead atoms. The van der Waals surface area contributed by atoms with E-state index in [0.717, 1.165) is 39.0 Å². The molecule has 1 N–H and O–H groups in total. The summed E-state index contributed by atoms with van der Waals surface area (Å²) >= 11 is 5.21. The fraction of sp³-hybridized carbons (Fsp3) is 0.583. The lowest BCUT2D eigenvalue weighted by molar-refractivity contribution is -0.131. The Kier molecular flexibility index (Phi) is 7.22. The molecule has 0 atom stereocenters. The summed E-state index contributed by atoms with van der Waals surface area (Å²) in [6.45, 7) is 3.60. The number of carbonyl (C=O) groups excluding carboxylic acids is 1. The zero-order valence-electron chi connectivity index (χ0n) is 10.2. The van der Waals surface area contributed by atoms with Gasteiger partial charge in [0.05, 0.1) is 3.79 Å². The van der Waals surface area contributed by atoms with Crippen molar-refractivity contribution in [2.75, 3.05) is 26.2 Å². The van der Waals surface area contributed by atoms with Gasteiger partial charge in [-0.3, -0.25) is 4.79 Å². The fourth-order valence-electron chi connectivity index (χ4n) is 1.97. The summed E-state index contributed by atoms with van der Waals surface area (Å²) < 4.78 is 1.17. The number of nitrogens with one attached hydrogen (secondary N) is 1. The standard InChI is InChI=1S/C12H17BrN2OS.ClH/c13-11-5-4-10(17-11)2-1-3-12(16)15-8-6-14-7-9-15;/h4-5,14H,1-3,6-9H2;1H. The SMILES string of the molecule is Cl.O=C(CCCc1ccc(Br)s1)N1CCNCC1. The summed E-state index contributed by atoms with van der Waals surface area (Å²) in [6, 6.07) is 4.20. The maximum Gasteiger partial charge on any atom is 0.222 e. The van der Waals surface area contributed by atoms with Crippen LogP contribution in [0.4, 0.5) is 0 Å². The van der Waals surface area contributed by atoms with Crippen molar-refractivity contribution < 1.29 is 4.79 Å². The molecule has 2 rings (SSSR count). The molecule has 18 heavy (non-hydrogen) atoms. The summed E-state index contributed by atoms with van der Waals surface area (Å²) in [6.07, 6.45) is 2.64. The Hall–Kier alpha value is -0.100. The van der Waals surface area contributed by atoms with Gasteiger partial charge in [0, 0.05) is 37.5 Å². The van der Waals surface area contributed by atoms with Crippen LogP contribution in [0.15, 0.2) is 15.9 Å². The lowest BCUT2D eigenvalue weighted by Gasteiger charge is -2.27. The van der Waals surface area contributed by atoms with Crippen LogP contribution in [0.25, 0.3) is 0 Å². The first-order valence-corrected chi connectivity index (χ1v) is 7.59. The molecule has 1 aliphatic rings. The topological polar surface area (TPSA) is 32.3 Å². The summed E-state index contributed by atoms with van der Waals surface area (Å²) in [4.78, 5) is 15.2. The Labute approximate surface area is 126 Å². The number of carbonyl (C=O) groups is 1. The Bertz CT molecular complexity index is 380. The van der Waals surface area contributed by atoms with E-state index in [9.17, 15) is 4.79 Å². The van der Waals surface area contributed by atoms with Crippen LogP contribution in [0.2, 0.25) is 0 Å². The number of thiophene rings is 1. The van der Waals surface area contributed by atoms with E-state index in [1.165, 1.54) is 8.66 Å². The molecular formula is C12H18BrClN2OS. The van der Waals surface area contributed by atoms with Gasteiger partial charge in [0.1, 0.15) is 0 Å². The maximum absolute atomic E-state index is 11.9. The number of piperazine rings is 1. The van der Waals surface area contributed by atoms with Gasteiger partial charge in [0.2, 0.25) is 5.91 Å². The minimum atomic E-state index is 0. The molecule has 1 saturated heterocycles. The van der Waals surface area contributed by atoms with E-state index in [2.05, 4.69) is 33.4 Å². The largest absolute Gasteiger partial charge is 0.340 e. The average Bonchev–Trinajstić information content (AvgIpc) is 2.76. The van der Waals surface area contributed by atoms with Crippen LogP contribution in [-0.4, -0.2) is 37.0 Å².